The number of fused-ring (bicyclic) bond motifs is 2. The van der Waals surface area contributed by atoms with Gasteiger partial charge in [0.05, 0.1) is 25.0 Å². The Morgan fingerprint density at radius 1 is 1.00 bits per heavy atom. The maximum Gasteiger partial charge on any atom is 0.336 e. The third-order valence-electron chi connectivity index (χ3n) is 6.61. The number of ether oxygens (including phenoxy) is 3. The lowest BCUT2D eigenvalue weighted by molar-refractivity contribution is -0.138. The van der Waals surface area contributed by atoms with Gasteiger partial charge >= 0.3 is 5.97 Å². The highest BCUT2D eigenvalue weighted by Gasteiger charge is 2.43. The third kappa shape index (κ3) is 4.27. The van der Waals surface area contributed by atoms with Gasteiger partial charge in [-0.3, -0.25) is 4.79 Å². The zero-order valence-electron chi connectivity index (χ0n) is 20.8. The van der Waals surface area contributed by atoms with Gasteiger partial charge in [-0.15, -0.1) is 0 Å². The van der Waals surface area contributed by atoms with Crippen molar-refractivity contribution in [2.45, 2.75) is 26.4 Å². The number of ketones is 1. The van der Waals surface area contributed by atoms with E-state index in [1.54, 1.807) is 56.3 Å². The van der Waals surface area contributed by atoms with Crippen molar-refractivity contribution in [3.63, 3.8) is 0 Å². The number of methoxy groups -OCH3 is 1. The van der Waals surface area contributed by atoms with Gasteiger partial charge in [0.25, 0.3) is 0 Å². The first-order valence-corrected chi connectivity index (χ1v) is 12.0. The van der Waals surface area contributed by atoms with Crippen molar-refractivity contribution in [1.29, 1.82) is 0 Å². The van der Waals surface area contributed by atoms with Gasteiger partial charge in [0.15, 0.2) is 17.3 Å². The number of Topliss-reactive ketones (excluding diaryl/α,β-unsaturated/α-hetero) is 1. The predicted molar refractivity (Wildman–Crippen MR) is 137 cm³/mol. The molecule has 6 nitrogen and oxygen atoms in total. The SMILES string of the molecule is CCOC(=O)C1=C(C)NC2=C(C(=O)c3ccccc32)[C@@H]1c1ccc(OCc2ccccc2F)c(OC)c1. The number of allylic oxidation sites excluding steroid dienone is 2. The summed E-state index contributed by atoms with van der Waals surface area (Å²) in [6.07, 6.45) is 0. The highest BCUT2D eigenvalue weighted by atomic mass is 19.1. The molecule has 188 valence electrons. The Bertz CT molecular complexity index is 1470. The van der Waals surface area contributed by atoms with Crippen LogP contribution >= 0.6 is 0 Å². The minimum Gasteiger partial charge on any atom is -0.493 e. The molecule has 0 saturated heterocycles. The maximum absolute atomic E-state index is 14.1. The molecule has 37 heavy (non-hydrogen) atoms. The molecule has 0 unspecified atom stereocenters. The summed E-state index contributed by atoms with van der Waals surface area (Å²) >= 11 is 0. The molecule has 3 aromatic rings. The van der Waals surface area contributed by atoms with Crippen molar-refractivity contribution in [1.82, 2.24) is 5.32 Å². The highest BCUT2D eigenvalue weighted by molar-refractivity contribution is 6.23. The Morgan fingerprint density at radius 2 is 1.73 bits per heavy atom. The molecule has 1 aliphatic carbocycles. The van der Waals surface area contributed by atoms with Crippen molar-refractivity contribution in [3.8, 4) is 11.5 Å². The molecular formula is C30H26FNO5. The van der Waals surface area contributed by atoms with Crippen LogP contribution < -0.4 is 14.8 Å². The summed E-state index contributed by atoms with van der Waals surface area (Å²) < 4.78 is 30.9. The Balaban J connectivity index is 1.57. The second-order valence-corrected chi connectivity index (χ2v) is 8.77. The van der Waals surface area contributed by atoms with Gasteiger partial charge in [0.2, 0.25) is 0 Å². The van der Waals surface area contributed by atoms with Crippen molar-refractivity contribution >= 4 is 17.4 Å². The molecular weight excluding hydrogens is 473 g/mol. The van der Waals surface area contributed by atoms with E-state index in [0.29, 0.717) is 50.7 Å². The van der Waals surface area contributed by atoms with E-state index in [1.165, 1.54) is 13.2 Å². The number of dihydropyridines is 1. The van der Waals surface area contributed by atoms with Crippen molar-refractivity contribution in [2.75, 3.05) is 13.7 Å². The maximum atomic E-state index is 14.1. The summed E-state index contributed by atoms with van der Waals surface area (Å²) in [5.74, 6) is -0.853. The lowest BCUT2D eigenvalue weighted by Crippen LogP contribution is -2.29. The molecule has 0 aromatic heterocycles. The number of halogens is 1. The summed E-state index contributed by atoms with van der Waals surface area (Å²) in [6, 6.07) is 19.0. The zero-order valence-corrected chi connectivity index (χ0v) is 20.8. The van der Waals surface area contributed by atoms with E-state index in [0.717, 1.165) is 5.56 Å². The van der Waals surface area contributed by atoms with Crippen LogP contribution in [0, 0.1) is 5.82 Å². The van der Waals surface area contributed by atoms with Crippen LogP contribution in [0.4, 0.5) is 4.39 Å². The van der Waals surface area contributed by atoms with Crippen LogP contribution in [-0.4, -0.2) is 25.5 Å². The van der Waals surface area contributed by atoms with Crippen molar-refractivity contribution < 1.29 is 28.2 Å². The number of carbonyl (C=O) groups is 2. The van der Waals surface area contributed by atoms with Gasteiger partial charge in [0, 0.05) is 33.9 Å². The molecule has 7 heteroatoms. The summed E-state index contributed by atoms with van der Waals surface area (Å²) in [5, 5.41) is 3.28. The molecule has 0 saturated carbocycles. The van der Waals surface area contributed by atoms with Crippen LogP contribution in [0.2, 0.25) is 0 Å². The first-order chi connectivity index (χ1) is 17.9. The van der Waals surface area contributed by atoms with E-state index in [-0.39, 0.29) is 24.8 Å². The van der Waals surface area contributed by atoms with Crippen LogP contribution in [0.15, 0.2) is 83.6 Å². The van der Waals surface area contributed by atoms with Gasteiger partial charge in [-0.1, -0.05) is 48.5 Å². The van der Waals surface area contributed by atoms with Crippen molar-refractivity contribution in [2.24, 2.45) is 0 Å². The fraction of sp³-hybridized carbons (Fsp3) is 0.200. The molecule has 0 spiro atoms. The molecule has 0 bridgehead atoms. The molecule has 1 N–H and O–H groups in total. The van der Waals surface area contributed by atoms with Gasteiger partial charge < -0.3 is 19.5 Å². The summed E-state index contributed by atoms with van der Waals surface area (Å²) in [7, 11) is 1.51. The second-order valence-electron chi connectivity index (χ2n) is 8.77. The highest BCUT2D eigenvalue weighted by Crippen LogP contribution is 2.48. The Kier molecular flexibility index (Phi) is 6.53. The van der Waals surface area contributed by atoms with E-state index >= 15 is 0 Å². The molecule has 1 heterocycles. The number of hydrogen-bond acceptors (Lipinski definition) is 6. The van der Waals surface area contributed by atoms with Crippen LogP contribution in [0.3, 0.4) is 0 Å². The van der Waals surface area contributed by atoms with Crippen molar-refractivity contribution in [3.05, 3.63) is 112 Å². The minimum absolute atomic E-state index is 0.0198. The van der Waals surface area contributed by atoms with E-state index in [1.807, 2.05) is 18.2 Å². The van der Waals surface area contributed by atoms with Crippen LogP contribution in [0.5, 0.6) is 11.5 Å². The lowest BCUT2D eigenvalue weighted by Gasteiger charge is -2.29. The average molecular weight is 500 g/mol. The predicted octanol–water partition coefficient (Wildman–Crippen LogP) is 5.54. The number of esters is 1. The van der Waals surface area contributed by atoms with Gasteiger partial charge in [-0.25, -0.2) is 9.18 Å². The lowest BCUT2D eigenvalue weighted by atomic mass is 9.79. The van der Waals surface area contributed by atoms with Gasteiger partial charge in [0.1, 0.15) is 12.4 Å². The zero-order chi connectivity index (χ0) is 26.1. The average Bonchev–Trinajstić information content (AvgIpc) is 3.19. The quantitative estimate of drug-likeness (QED) is 0.430. The minimum atomic E-state index is -0.676. The van der Waals surface area contributed by atoms with Crippen LogP contribution in [0.1, 0.15) is 46.8 Å². The first-order valence-electron chi connectivity index (χ1n) is 12.0. The second kappa shape index (κ2) is 9.93. The largest absolute Gasteiger partial charge is 0.493 e. The molecule has 1 aliphatic heterocycles. The molecule has 0 amide bonds. The number of carbonyl (C=O) groups excluding carboxylic acids is 2. The third-order valence-corrected chi connectivity index (χ3v) is 6.61. The first kappa shape index (κ1) is 24.3. The Labute approximate surface area is 214 Å². The van der Waals surface area contributed by atoms with Crippen LogP contribution in [-0.2, 0) is 16.1 Å². The summed E-state index contributed by atoms with van der Waals surface area (Å²) in [6.45, 7) is 3.77. The smallest absolute Gasteiger partial charge is 0.336 e. The topological polar surface area (TPSA) is 73.9 Å². The monoisotopic (exact) mass is 499 g/mol. The number of nitrogens with one attached hydrogen (secondary N) is 1. The fourth-order valence-electron chi connectivity index (χ4n) is 4.90. The number of benzene rings is 3. The molecule has 3 aromatic carbocycles. The summed E-state index contributed by atoms with van der Waals surface area (Å²) in [5.41, 5.74) is 4.62. The Hall–Kier alpha value is -4.39. The normalized spacial score (nSPS) is 16.2. The molecule has 0 radical (unpaired) electrons. The van der Waals surface area contributed by atoms with E-state index < -0.39 is 11.9 Å². The van der Waals surface area contributed by atoms with Gasteiger partial charge in [-0.2, -0.15) is 0 Å². The molecule has 0 fully saturated rings. The molecule has 2 aliphatic rings. The standard InChI is InChI=1S/C30H26FNO5/c1-4-36-30(34)25-17(2)32-28-20-10-6-7-11-21(20)29(33)27(28)26(25)18-13-14-23(24(15-18)35-3)37-16-19-9-5-8-12-22(19)31/h5-15,26,32H,4,16H2,1-3H3/t26-/m1/s1. The molecule has 1 atom stereocenters. The number of rotatable bonds is 7. The van der Waals surface area contributed by atoms with Gasteiger partial charge in [-0.05, 0) is 37.6 Å². The summed E-state index contributed by atoms with van der Waals surface area (Å²) in [4.78, 5) is 26.7. The van der Waals surface area contributed by atoms with E-state index in [2.05, 4.69) is 5.32 Å². The fourth-order valence-corrected chi connectivity index (χ4v) is 4.90. The van der Waals surface area contributed by atoms with E-state index in [4.69, 9.17) is 14.2 Å². The number of hydrogen-bond donors (Lipinski definition) is 1. The molecule has 5 rings (SSSR count). The van der Waals surface area contributed by atoms with E-state index in [9.17, 15) is 14.0 Å². The Morgan fingerprint density at radius 3 is 2.46 bits per heavy atom. The van der Waals surface area contributed by atoms with Crippen LogP contribution in [0.25, 0.3) is 5.70 Å².